The van der Waals surface area contributed by atoms with Gasteiger partial charge in [-0.2, -0.15) is 0 Å². The second-order valence-electron chi connectivity index (χ2n) is 4.43. The first-order valence-electron chi connectivity index (χ1n) is 5.92. The predicted molar refractivity (Wildman–Crippen MR) is 66.8 cm³/mol. The van der Waals surface area contributed by atoms with Crippen LogP contribution in [0.3, 0.4) is 0 Å². The van der Waals surface area contributed by atoms with Crippen LogP contribution in [0.5, 0.6) is 0 Å². The van der Waals surface area contributed by atoms with Crippen LogP contribution >= 0.6 is 0 Å². The summed E-state index contributed by atoms with van der Waals surface area (Å²) in [5, 5.41) is 6.30. The molecule has 16 heavy (non-hydrogen) atoms. The van der Waals surface area contributed by atoms with Gasteiger partial charge in [-0.25, -0.2) is 0 Å². The highest BCUT2D eigenvalue weighted by Gasteiger charge is 2.19. The Balaban J connectivity index is 1.94. The molecule has 1 aliphatic rings. The summed E-state index contributed by atoms with van der Waals surface area (Å²) in [6, 6.07) is 0.662. The highest BCUT2D eigenvalue weighted by atomic mass is 32.2. The Morgan fingerprint density at radius 1 is 1.44 bits per heavy atom. The number of carbonyl (C=O) groups is 1. The third-order valence-corrected chi connectivity index (χ3v) is 4.17. The minimum absolute atomic E-state index is 0.0854. The summed E-state index contributed by atoms with van der Waals surface area (Å²) in [5.74, 6) is 0.0854. The van der Waals surface area contributed by atoms with Crippen molar-refractivity contribution in [3.05, 3.63) is 0 Å². The van der Waals surface area contributed by atoms with Crippen molar-refractivity contribution < 1.29 is 9.00 Å². The van der Waals surface area contributed by atoms with Gasteiger partial charge < -0.3 is 10.6 Å². The zero-order valence-electron chi connectivity index (χ0n) is 10.1. The maximum absolute atomic E-state index is 11.4. The van der Waals surface area contributed by atoms with Crippen molar-refractivity contribution in [2.75, 3.05) is 19.3 Å². The lowest BCUT2D eigenvalue weighted by molar-refractivity contribution is -0.120. The van der Waals surface area contributed by atoms with Crippen molar-refractivity contribution in [3.8, 4) is 0 Å². The first-order valence-corrected chi connectivity index (χ1v) is 7.54. The first kappa shape index (κ1) is 13.6. The Labute approximate surface area is 100 Å². The molecular weight excluding hydrogens is 224 g/mol. The summed E-state index contributed by atoms with van der Waals surface area (Å²) in [4.78, 5) is 11.4. The lowest BCUT2D eigenvalue weighted by Gasteiger charge is -2.09. The topological polar surface area (TPSA) is 58.2 Å². The summed E-state index contributed by atoms with van der Waals surface area (Å²) < 4.78 is 11.1. The van der Waals surface area contributed by atoms with Crippen LogP contribution < -0.4 is 10.6 Å². The molecule has 1 fully saturated rings. The fraction of sp³-hybridized carbons (Fsp3) is 0.909. The lowest BCUT2D eigenvalue weighted by Crippen LogP contribution is -2.30. The molecule has 0 saturated heterocycles. The molecule has 0 aromatic heterocycles. The molecule has 0 aromatic rings. The van der Waals surface area contributed by atoms with Gasteiger partial charge in [-0.3, -0.25) is 9.00 Å². The number of hydrogen-bond donors (Lipinski definition) is 2. The number of carbonyl (C=O) groups excluding carboxylic acids is 1. The van der Waals surface area contributed by atoms with Gasteiger partial charge in [-0.05, 0) is 19.3 Å². The molecule has 5 heteroatoms. The third kappa shape index (κ3) is 6.23. The predicted octanol–water partition coefficient (Wildman–Crippen LogP) is 0.402. The van der Waals surface area contributed by atoms with Crippen LogP contribution in [-0.4, -0.2) is 40.8 Å². The number of rotatable bonds is 8. The molecule has 1 rings (SSSR count). The van der Waals surface area contributed by atoms with E-state index in [0.29, 0.717) is 19.0 Å². The van der Waals surface area contributed by atoms with Crippen LogP contribution in [0.1, 0.15) is 32.6 Å². The van der Waals surface area contributed by atoms with Gasteiger partial charge in [-0.1, -0.05) is 6.92 Å². The van der Waals surface area contributed by atoms with Crippen LogP contribution in [0.25, 0.3) is 0 Å². The van der Waals surface area contributed by atoms with E-state index in [9.17, 15) is 9.00 Å². The van der Waals surface area contributed by atoms with Crippen LogP contribution in [-0.2, 0) is 15.6 Å². The summed E-state index contributed by atoms with van der Waals surface area (Å²) in [5.41, 5.74) is 0. The molecule has 4 nitrogen and oxygen atoms in total. The van der Waals surface area contributed by atoms with E-state index in [1.807, 2.05) is 6.92 Å². The van der Waals surface area contributed by atoms with Crippen molar-refractivity contribution >= 4 is 16.7 Å². The van der Waals surface area contributed by atoms with E-state index in [1.54, 1.807) is 6.26 Å². The second-order valence-corrected chi connectivity index (χ2v) is 6.23. The molecule has 2 atom stereocenters. The average Bonchev–Trinajstić information content (AvgIpc) is 3.01. The zero-order valence-corrected chi connectivity index (χ0v) is 10.9. The molecule has 0 bridgehead atoms. The number of nitrogens with one attached hydrogen (secondary N) is 2. The van der Waals surface area contributed by atoms with Crippen LogP contribution in [0.4, 0.5) is 0 Å². The molecule has 1 saturated carbocycles. The molecule has 1 aliphatic carbocycles. The van der Waals surface area contributed by atoms with E-state index in [2.05, 4.69) is 10.6 Å². The molecular formula is C11H22N2O2S. The van der Waals surface area contributed by atoms with Crippen molar-refractivity contribution in [3.63, 3.8) is 0 Å². The Bertz CT molecular complexity index is 254. The summed E-state index contributed by atoms with van der Waals surface area (Å²) in [7, 11) is -0.792. The van der Waals surface area contributed by atoms with Crippen molar-refractivity contribution in [2.24, 2.45) is 0 Å². The minimum Gasteiger partial charge on any atom is -0.356 e. The van der Waals surface area contributed by atoms with E-state index >= 15 is 0 Å². The molecule has 0 heterocycles. The van der Waals surface area contributed by atoms with Gasteiger partial charge in [0.2, 0.25) is 5.91 Å². The zero-order chi connectivity index (χ0) is 12.0. The van der Waals surface area contributed by atoms with Crippen LogP contribution in [0.15, 0.2) is 0 Å². The number of amides is 1. The lowest BCUT2D eigenvalue weighted by atomic mass is 10.3. The highest BCUT2D eigenvalue weighted by Crippen LogP contribution is 2.18. The Morgan fingerprint density at radius 2 is 2.12 bits per heavy atom. The smallest absolute Gasteiger partial charge is 0.221 e. The van der Waals surface area contributed by atoms with Crippen LogP contribution in [0, 0.1) is 0 Å². The van der Waals surface area contributed by atoms with Crippen molar-refractivity contribution in [1.29, 1.82) is 0 Å². The quantitative estimate of drug-likeness (QED) is 0.652. The summed E-state index contributed by atoms with van der Waals surface area (Å²) in [6.45, 7) is 3.34. The SMILES string of the molecule is CC(CCNC(=O)CCNC1CC1)S(C)=O. The molecule has 0 aromatic carbocycles. The molecule has 2 unspecified atom stereocenters. The molecule has 1 amide bonds. The average molecular weight is 246 g/mol. The second kappa shape index (κ2) is 7.01. The van der Waals surface area contributed by atoms with E-state index in [0.717, 1.165) is 13.0 Å². The fourth-order valence-corrected chi connectivity index (χ4v) is 1.80. The largest absolute Gasteiger partial charge is 0.356 e. The highest BCUT2D eigenvalue weighted by molar-refractivity contribution is 7.84. The van der Waals surface area contributed by atoms with E-state index in [-0.39, 0.29) is 11.2 Å². The van der Waals surface area contributed by atoms with Crippen molar-refractivity contribution in [2.45, 2.75) is 43.9 Å². The third-order valence-electron chi connectivity index (χ3n) is 2.80. The van der Waals surface area contributed by atoms with Crippen molar-refractivity contribution in [1.82, 2.24) is 10.6 Å². The maximum atomic E-state index is 11.4. The van der Waals surface area contributed by atoms with Crippen LogP contribution in [0.2, 0.25) is 0 Å². The molecule has 0 radical (unpaired) electrons. The minimum atomic E-state index is -0.792. The monoisotopic (exact) mass is 246 g/mol. The van der Waals surface area contributed by atoms with Gasteiger partial charge in [0, 0.05) is 47.9 Å². The molecule has 0 spiro atoms. The van der Waals surface area contributed by atoms with Gasteiger partial charge in [0.15, 0.2) is 0 Å². The van der Waals surface area contributed by atoms with Gasteiger partial charge >= 0.3 is 0 Å². The van der Waals surface area contributed by atoms with Gasteiger partial charge in [0.1, 0.15) is 0 Å². The molecule has 2 N–H and O–H groups in total. The first-order chi connectivity index (χ1) is 7.59. The Morgan fingerprint density at radius 3 is 2.69 bits per heavy atom. The summed E-state index contributed by atoms with van der Waals surface area (Å²) in [6.07, 6.45) is 5.53. The maximum Gasteiger partial charge on any atom is 0.221 e. The summed E-state index contributed by atoms with van der Waals surface area (Å²) >= 11 is 0. The van der Waals surface area contributed by atoms with Gasteiger partial charge in [-0.15, -0.1) is 0 Å². The number of hydrogen-bond acceptors (Lipinski definition) is 3. The van der Waals surface area contributed by atoms with E-state index in [1.165, 1.54) is 12.8 Å². The Hall–Kier alpha value is -0.420. The van der Waals surface area contributed by atoms with E-state index in [4.69, 9.17) is 0 Å². The molecule has 94 valence electrons. The Kier molecular flexibility index (Phi) is 5.98. The molecule has 0 aliphatic heterocycles. The fourth-order valence-electron chi connectivity index (χ4n) is 1.35. The van der Waals surface area contributed by atoms with Gasteiger partial charge in [0.05, 0.1) is 0 Å². The van der Waals surface area contributed by atoms with Gasteiger partial charge in [0.25, 0.3) is 0 Å². The standard InChI is InChI=1S/C11H22N2O2S/c1-9(16(2)15)5-7-13-11(14)6-8-12-10-3-4-10/h9-10,12H,3-8H2,1-2H3,(H,13,14). The van der Waals surface area contributed by atoms with E-state index < -0.39 is 10.8 Å². The normalized spacial score (nSPS) is 19.1.